The van der Waals surface area contributed by atoms with E-state index in [2.05, 4.69) is 315 Å². The first-order chi connectivity index (χ1) is 56.5. The molecule has 0 spiro atoms. The van der Waals surface area contributed by atoms with Crippen molar-refractivity contribution in [2.45, 2.75) is 0 Å². The quantitative estimate of drug-likeness (QED) is 0.142. The molecule has 12 heteroatoms. The molecule has 0 amide bonds. The van der Waals surface area contributed by atoms with E-state index in [1.54, 1.807) is 11.3 Å². The SMILES string of the molecule is c1ccc(-c2nc(-c3ccc(-n4c5cccc6c7cccc8c9cccc%10c%11ccc4c(c65)c%11n(c78)c9%10)cc3)nc(-c3ccc4c(c3)oc3cc(-c5cccc(-c6nc(-c7ccc(-n8c9cccc%10c%11cccc%12c%13cccc%14c%15ccc8c(c%109)c%15n(c%11%12)c%13%14)cc7)nc(-c7ccc8c(c7)sc7ccccc78)n6)c5)ccc34)n2)cc1. The number of para-hydroxylation sites is 4. The zero-order valence-electron chi connectivity index (χ0n) is 60.3. The van der Waals surface area contributed by atoms with Crippen LogP contribution >= 0.6 is 11.3 Å². The Morgan fingerprint density at radius 3 is 1.03 bits per heavy atom. The molecule has 0 bridgehead atoms. The summed E-state index contributed by atoms with van der Waals surface area (Å²) in [7, 11) is 0. The van der Waals surface area contributed by atoms with Gasteiger partial charge in [0.1, 0.15) is 11.2 Å². The minimum atomic E-state index is 0.547. The van der Waals surface area contributed by atoms with E-state index >= 15 is 0 Å². The third kappa shape index (κ3) is 7.73. The standard InChI is InChI=1S/C102H52N10OS/c1-2-13-53(14-3-1)97-103-98(54-31-38-61(39-32-54)109-79-28-11-18-67-69-20-7-22-71-73-24-9-26-75-77-45-47-81(109)89(87(67)79)95(77)111(91(69)71)93(73)75)106-101(104-97)59-36-43-64-63-42-35-57(50-83(63)113-84(64)51-59)56-15-6-16-58(49-56)100-105-99(107-102(108-100)60-37-44-66-65-17-4-5-30-85(65)114-86(66)52-60)55-33-40-62(41-34-55)110-80-29-12-19-68-70-21-8-23-72-74-25-10-27-76-78-46-48-82(110)90(88(68)80)96(78)112(92(70)72)94(74)76/h1-52H. The molecule has 0 saturated heterocycles. The molecule has 0 aliphatic rings. The summed E-state index contributed by atoms with van der Waals surface area (Å²) < 4.78 is 19.3. The van der Waals surface area contributed by atoms with Crippen molar-refractivity contribution in [1.82, 2.24) is 47.8 Å². The molecule has 0 saturated carbocycles. The monoisotopic (exact) mass is 1460 g/mol. The van der Waals surface area contributed by atoms with Gasteiger partial charge in [0.05, 0.1) is 55.2 Å². The van der Waals surface area contributed by atoms with Crippen molar-refractivity contribution < 1.29 is 4.42 Å². The molecule has 114 heavy (non-hydrogen) atoms. The highest BCUT2D eigenvalue weighted by molar-refractivity contribution is 7.25. The molecule has 28 aromatic rings. The van der Waals surface area contributed by atoms with Crippen LogP contribution in [0.15, 0.2) is 320 Å². The molecule has 522 valence electrons. The van der Waals surface area contributed by atoms with Crippen molar-refractivity contribution in [2.24, 2.45) is 0 Å². The fourth-order valence-electron chi connectivity index (χ4n) is 20.1. The topological polar surface area (TPSA) is 109 Å². The minimum absolute atomic E-state index is 0.547. The summed E-state index contributed by atoms with van der Waals surface area (Å²) in [5.41, 5.74) is 23.2. The molecule has 11 nitrogen and oxygen atoms in total. The largest absolute Gasteiger partial charge is 0.456 e. The summed E-state index contributed by atoms with van der Waals surface area (Å²) in [5, 5.41) is 24.9. The van der Waals surface area contributed by atoms with Gasteiger partial charge in [0.25, 0.3) is 0 Å². The van der Waals surface area contributed by atoms with Gasteiger partial charge < -0.3 is 22.4 Å². The Labute approximate surface area is 649 Å². The third-order valence-corrected chi connectivity index (χ3v) is 26.1. The molecular formula is C102H52N10OS. The minimum Gasteiger partial charge on any atom is -0.456 e. The van der Waals surface area contributed by atoms with Crippen LogP contribution < -0.4 is 0 Å². The molecule has 12 heterocycles. The number of fused-ring (bicyclic) bond motifs is 12. The van der Waals surface area contributed by atoms with Gasteiger partial charge in [0.15, 0.2) is 34.9 Å². The van der Waals surface area contributed by atoms with Crippen molar-refractivity contribution in [3.8, 4) is 90.8 Å². The fraction of sp³-hybridized carbons (Fsp3) is 0. The van der Waals surface area contributed by atoms with Crippen molar-refractivity contribution >= 4 is 195 Å². The third-order valence-electron chi connectivity index (χ3n) is 25.0. The Morgan fingerprint density at radius 2 is 0.518 bits per heavy atom. The second kappa shape index (κ2) is 21.4. The molecule has 0 aliphatic carbocycles. The maximum atomic E-state index is 6.91. The van der Waals surface area contributed by atoms with Gasteiger partial charge in [-0.25, -0.2) is 29.9 Å². The summed E-state index contributed by atoms with van der Waals surface area (Å²) in [4.78, 5) is 31.8. The second-order valence-electron chi connectivity index (χ2n) is 30.7. The number of aromatic nitrogens is 10. The maximum absolute atomic E-state index is 6.91. The number of benzene rings is 16. The first-order valence-corrected chi connectivity index (χ1v) is 39.5. The Kier molecular flexibility index (Phi) is 11.2. The van der Waals surface area contributed by atoms with Crippen LogP contribution in [0, 0.1) is 0 Å². The van der Waals surface area contributed by atoms with Gasteiger partial charge in [0, 0.05) is 151 Å². The first kappa shape index (κ1) is 59.7. The van der Waals surface area contributed by atoms with E-state index in [1.165, 1.54) is 162 Å². The summed E-state index contributed by atoms with van der Waals surface area (Å²) in [6.07, 6.45) is 0. The Hall–Kier alpha value is -15.2. The van der Waals surface area contributed by atoms with Crippen LogP contribution in [-0.4, -0.2) is 47.8 Å². The van der Waals surface area contributed by atoms with Gasteiger partial charge in [-0.3, -0.25) is 0 Å². The smallest absolute Gasteiger partial charge is 0.164 e. The summed E-state index contributed by atoms with van der Waals surface area (Å²) in [6, 6.07) is 114. The number of hydrogen-bond acceptors (Lipinski definition) is 8. The average molecular weight is 1470 g/mol. The second-order valence-corrected chi connectivity index (χ2v) is 31.8. The van der Waals surface area contributed by atoms with Crippen LogP contribution in [0.4, 0.5) is 0 Å². The van der Waals surface area contributed by atoms with Crippen LogP contribution in [0.25, 0.3) is 274 Å². The highest BCUT2D eigenvalue weighted by Gasteiger charge is 2.30. The van der Waals surface area contributed by atoms with Gasteiger partial charge in [-0.1, -0.05) is 200 Å². The lowest BCUT2D eigenvalue weighted by molar-refractivity contribution is 0.669. The van der Waals surface area contributed by atoms with Crippen molar-refractivity contribution in [1.29, 1.82) is 0 Å². The molecule has 0 unspecified atom stereocenters. The van der Waals surface area contributed by atoms with Crippen molar-refractivity contribution in [2.75, 3.05) is 0 Å². The lowest BCUT2D eigenvalue weighted by Crippen LogP contribution is -2.01. The lowest BCUT2D eigenvalue weighted by Gasteiger charge is -2.12. The number of hydrogen-bond donors (Lipinski definition) is 0. The zero-order valence-corrected chi connectivity index (χ0v) is 61.1. The molecule has 0 atom stereocenters. The van der Waals surface area contributed by atoms with E-state index in [0.717, 1.165) is 77.8 Å². The molecule has 12 aromatic heterocycles. The highest BCUT2D eigenvalue weighted by Crippen LogP contribution is 2.53. The molecule has 0 N–H and O–H groups in total. The van der Waals surface area contributed by atoms with Gasteiger partial charge in [-0.05, 0) is 137 Å². The van der Waals surface area contributed by atoms with Crippen LogP contribution in [0.2, 0.25) is 0 Å². The van der Waals surface area contributed by atoms with E-state index in [1.807, 2.05) is 18.2 Å². The molecule has 28 rings (SSSR count). The van der Waals surface area contributed by atoms with Gasteiger partial charge in [-0.2, -0.15) is 0 Å². The van der Waals surface area contributed by atoms with Crippen LogP contribution in [0.1, 0.15) is 0 Å². The van der Waals surface area contributed by atoms with Gasteiger partial charge in [-0.15, -0.1) is 11.3 Å². The Morgan fingerprint density at radius 1 is 0.202 bits per heavy atom. The van der Waals surface area contributed by atoms with Gasteiger partial charge >= 0.3 is 0 Å². The normalized spacial score (nSPS) is 12.7. The van der Waals surface area contributed by atoms with E-state index in [-0.39, 0.29) is 0 Å². The number of nitrogens with zero attached hydrogens (tertiary/aromatic N) is 10. The Balaban J connectivity index is 0.533. The van der Waals surface area contributed by atoms with Crippen molar-refractivity contribution in [3.63, 3.8) is 0 Å². The fourth-order valence-corrected chi connectivity index (χ4v) is 21.3. The van der Waals surface area contributed by atoms with Crippen molar-refractivity contribution in [3.05, 3.63) is 315 Å². The van der Waals surface area contributed by atoms with Crippen LogP contribution in [-0.2, 0) is 0 Å². The van der Waals surface area contributed by atoms with Crippen LogP contribution in [0.5, 0.6) is 0 Å². The number of furan rings is 1. The zero-order chi connectivity index (χ0) is 73.6. The summed E-state index contributed by atoms with van der Waals surface area (Å²) in [6.45, 7) is 0. The molecule has 16 aromatic carbocycles. The van der Waals surface area contributed by atoms with E-state index in [9.17, 15) is 0 Å². The maximum Gasteiger partial charge on any atom is 0.164 e. The Bertz CT molecular complexity index is 8990. The molecular weight excluding hydrogens is 1410 g/mol. The highest BCUT2D eigenvalue weighted by atomic mass is 32.1. The predicted octanol–water partition coefficient (Wildman–Crippen LogP) is 26.5. The van der Waals surface area contributed by atoms with E-state index in [4.69, 9.17) is 34.3 Å². The molecule has 0 radical (unpaired) electrons. The molecule has 0 aliphatic heterocycles. The molecule has 0 fully saturated rings. The van der Waals surface area contributed by atoms with E-state index in [0.29, 0.717) is 34.9 Å². The number of rotatable bonds is 9. The van der Waals surface area contributed by atoms with Crippen LogP contribution in [0.3, 0.4) is 0 Å². The summed E-state index contributed by atoms with van der Waals surface area (Å²) >= 11 is 1.79. The lowest BCUT2D eigenvalue weighted by atomic mass is 10.0. The van der Waals surface area contributed by atoms with Gasteiger partial charge in [0.2, 0.25) is 0 Å². The average Bonchev–Trinajstić information content (AvgIpc) is 1.51. The van der Waals surface area contributed by atoms with E-state index < -0.39 is 0 Å². The number of thiophene rings is 1. The predicted molar refractivity (Wildman–Crippen MR) is 469 cm³/mol. The first-order valence-electron chi connectivity index (χ1n) is 38.6. The summed E-state index contributed by atoms with van der Waals surface area (Å²) in [5.74, 6) is 3.46.